The fraction of sp³-hybridized carbons (Fsp3) is 0.379. The van der Waals surface area contributed by atoms with Crippen LogP contribution in [-0.2, 0) is 38.4 Å². The van der Waals surface area contributed by atoms with Crippen molar-refractivity contribution in [3.63, 3.8) is 0 Å². The van der Waals surface area contributed by atoms with E-state index in [1.165, 1.54) is 57.2 Å². The van der Waals surface area contributed by atoms with E-state index >= 15 is 0 Å². The third-order valence-corrected chi connectivity index (χ3v) is 6.91. The van der Waals surface area contributed by atoms with Crippen molar-refractivity contribution in [3.8, 4) is 0 Å². The molecule has 0 bridgehead atoms. The van der Waals surface area contributed by atoms with Gasteiger partial charge in [0.15, 0.2) is 0 Å². The molecule has 0 saturated carbocycles. The van der Waals surface area contributed by atoms with E-state index in [1.807, 2.05) is 0 Å². The third kappa shape index (κ3) is 8.59. The van der Waals surface area contributed by atoms with Crippen LogP contribution < -0.4 is 0 Å². The van der Waals surface area contributed by atoms with Gasteiger partial charge in [-0.2, -0.15) is 0 Å². The normalized spacial score (nSPS) is 18.6. The first-order valence-electron chi connectivity index (χ1n) is 13.4. The molecule has 15 nitrogen and oxygen atoms in total. The highest BCUT2D eigenvalue weighted by atomic mass is 16.2. The average molecular weight is 612 g/mol. The largest absolute Gasteiger partial charge is 0.286 e. The van der Waals surface area contributed by atoms with Gasteiger partial charge in [-0.25, -0.2) is 0 Å². The number of fused-ring (bicyclic) bond motifs is 1. The van der Waals surface area contributed by atoms with Crippen molar-refractivity contribution >= 4 is 59.1 Å². The molecule has 10 amide bonds. The van der Waals surface area contributed by atoms with Crippen LogP contribution in [0, 0.1) is 0 Å². The van der Waals surface area contributed by atoms with Gasteiger partial charge >= 0.3 is 0 Å². The molecule has 0 aromatic heterocycles. The van der Waals surface area contributed by atoms with Crippen LogP contribution in [0.5, 0.6) is 0 Å². The predicted molar refractivity (Wildman–Crippen MR) is 151 cm³/mol. The van der Waals surface area contributed by atoms with Gasteiger partial charge < -0.3 is 0 Å². The Morgan fingerprint density at radius 3 is 1.00 bits per heavy atom. The van der Waals surface area contributed by atoms with Gasteiger partial charge in [0, 0.05) is 73.1 Å². The van der Waals surface area contributed by atoms with Gasteiger partial charge in [-0.1, -0.05) is 12.1 Å². The van der Waals surface area contributed by atoms with Gasteiger partial charge in [0.1, 0.15) is 6.42 Å². The fourth-order valence-corrected chi connectivity index (χ4v) is 3.75. The molecule has 5 heterocycles. The first-order chi connectivity index (χ1) is 20.6. The van der Waals surface area contributed by atoms with Crippen molar-refractivity contribution in [2.75, 3.05) is 35.2 Å². The number of imide groups is 5. The monoisotopic (exact) mass is 611 g/mol. The number of rotatable bonds is 0. The van der Waals surface area contributed by atoms with Crippen LogP contribution in [0.25, 0.3) is 0 Å². The molecule has 0 radical (unpaired) electrons. The number of nitrogens with zero attached hydrogens (tertiary/aromatic N) is 5. The number of carbonyl (C=O) groups excluding carboxylic acids is 10. The summed E-state index contributed by atoms with van der Waals surface area (Å²) in [5, 5.41) is 0. The summed E-state index contributed by atoms with van der Waals surface area (Å²) in [4.78, 5) is 112. The minimum atomic E-state index is -0.241. The van der Waals surface area contributed by atoms with Crippen LogP contribution in [0.3, 0.4) is 0 Å². The van der Waals surface area contributed by atoms with Crippen LogP contribution in [0.2, 0.25) is 0 Å². The van der Waals surface area contributed by atoms with Crippen molar-refractivity contribution < 1.29 is 47.9 Å². The van der Waals surface area contributed by atoms with Gasteiger partial charge in [-0.3, -0.25) is 72.4 Å². The molecule has 0 aliphatic carbocycles. The maximum atomic E-state index is 11.3. The van der Waals surface area contributed by atoms with Gasteiger partial charge in [0.25, 0.3) is 23.6 Å². The topological polar surface area (TPSA) is 187 Å². The Bertz CT molecular complexity index is 1350. The van der Waals surface area contributed by atoms with Gasteiger partial charge in [0.05, 0.1) is 11.1 Å². The van der Waals surface area contributed by atoms with Crippen LogP contribution in [0.15, 0.2) is 36.4 Å². The number of hydrogen-bond donors (Lipinski definition) is 0. The number of benzene rings is 1. The standard InChI is InChI=1S/C9H7NO2.C6H9NO2.C5H7NO2.C5H5NO2.C4H5NO2/c1-10-8(11)6-4-2-3-5-7(6)9(10)12;1-7-5(8)3-2-4-6(7)9;2*1-6-4(7)2-3-5(6)8;1-5-3(6)2-4(5)7/h2-5H,1H3;2-4H2,1H3;2-3H2,1H3;2-3H,1H3;2H2,1H3. The summed E-state index contributed by atoms with van der Waals surface area (Å²) in [7, 11) is 7.46. The molecular weight excluding hydrogens is 578 g/mol. The minimum absolute atomic E-state index is 0.0498. The quantitative estimate of drug-likeness (QED) is 0.215. The summed E-state index contributed by atoms with van der Waals surface area (Å²) >= 11 is 0. The van der Waals surface area contributed by atoms with E-state index in [1.54, 1.807) is 24.3 Å². The molecule has 0 spiro atoms. The summed E-state index contributed by atoms with van der Waals surface area (Å²) in [5.74, 6) is -1.28. The minimum Gasteiger partial charge on any atom is -0.286 e. The number of hydrogen-bond acceptors (Lipinski definition) is 10. The number of β-lactam (4-membered cyclic amide) rings is 2. The number of likely N-dealkylation sites (N-methyl/N-ethyl adjacent to an activating group) is 1. The van der Waals surface area contributed by atoms with E-state index in [0.717, 1.165) is 21.1 Å². The summed E-state index contributed by atoms with van der Waals surface area (Å²) in [6, 6.07) is 6.84. The van der Waals surface area contributed by atoms with E-state index in [4.69, 9.17) is 0 Å². The Labute approximate surface area is 253 Å². The van der Waals surface area contributed by atoms with Gasteiger partial charge in [0.2, 0.25) is 35.4 Å². The van der Waals surface area contributed by atoms with Crippen molar-refractivity contribution in [1.82, 2.24) is 24.5 Å². The Balaban J connectivity index is 0.000000195. The highest BCUT2D eigenvalue weighted by Crippen LogP contribution is 2.20. The Morgan fingerprint density at radius 2 is 0.773 bits per heavy atom. The SMILES string of the molecule is CN1C(=O)C=CC1=O.CN1C(=O)CC1=O.CN1C(=O)CCC1=O.CN1C(=O)CCCC1=O.CN1C(=O)c2ccccc2C1=O. The molecule has 15 heteroatoms. The summed E-state index contributed by atoms with van der Waals surface area (Å²) in [6.45, 7) is 0. The second-order valence-electron chi connectivity index (χ2n) is 9.85. The van der Waals surface area contributed by atoms with E-state index < -0.39 is 0 Å². The molecule has 234 valence electrons. The molecule has 1 aromatic rings. The molecule has 44 heavy (non-hydrogen) atoms. The van der Waals surface area contributed by atoms with Crippen LogP contribution in [-0.4, -0.2) is 119 Å². The second-order valence-corrected chi connectivity index (χ2v) is 9.85. The molecular formula is C29H33N5O10. The van der Waals surface area contributed by atoms with Crippen molar-refractivity contribution in [3.05, 3.63) is 47.5 Å². The highest BCUT2D eigenvalue weighted by Gasteiger charge is 2.32. The molecule has 3 saturated heterocycles. The maximum absolute atomic E-state index is 11.3. The van der Waals surface area contributed by atoms with Crippen LogP contribution >= 0.6 is 0 Å². The Morgan fingerprint density at radius 1 is 0.432 bits per heavy atom. The average Bonchev–Trinajstić information content (AvgIpc) is 3.56. The summed E-state index contributed by atoms with van der Waals surface area (Å²) < 4.78 is 0. The van der Waals surface area contributed by atoms with Crippen LogP contribution in [0.1, 0.15) is 59.2 Å². The van der Waals surface area contributed by atoms with Crippen molar-refractivity contribution in [1.29, 1.82) is 0 Å². The summed E-state index contributed by atoms with van der Waals surface area (Å²) in [6.07, 6.45) is 5.19. The molecule has 5 aliphatic heterocycles. The lowest BCUT2D eigenvalue weighted by Gasteiger charge is -2.22. The zero-order valence-corrected chi connectivity index (χ0v) is 25.0. The van der Waals surface area contributed by atoms with Gasteiger partial charge in [-0.15, -0.1) is 0 Å². The molecule has 0 N–H and O–H groups in total. The number of piperidine rings is 1. The Hall–Kier alpha value is -5.34. The lowest BCUT2D eigenvalue weighted by atomic mass is 10.1. The van der Waals surface area contributed by atoms with E-state index in [2.05, 4.69) is 0 Å². The predicted octanol–water partition coefficient (Wildman–Crippen LogP) is -0.251. The lowest BCUT2D eigenvalue weighted by molar-refractivity contribution is -0.155. The molecule has 3 fully saturated rings. The molecule has 6 rings (SSSR count). The van der Waals surface area contributed by atoms with Crippen molar-refractivity contribution in [2.45, 2.75) is 38.5 Å². The fourth-order valence-electron chi connectivity index (χ4n) is 3.75. The number of likely N-dealkylation sites (tertiary alicyclic amines) is 3. The van der Waals surface area contributed by atoms with E-state index in [-0.39, 0.29) is 65.5 Å². The zero-order chi connectivity index (χ0) is 33.3. The highest BCUT2D eigenvalue weighted by molar-refractivity contribution is 6.21. The molecule has 0 unspecified atom stereocenters. The summed E-state index contributed by atoms with van der Waals surface area (Å²) in [5.41, 5.74) is 1.01. The Kier molecular flexibility index (Phi) is 12.1. The van der Waals surface area contributed by atoms with E-state index in [9.17, 15) is 47.9 Å². The molecule has 5 aliphatic rings. The maximum Gasteiger partial charge on any atom is 0.261 e. The molecule has 0 atom stereocenters. The number of carbonyl (C=O) groups is 10. The molecule has 1 aromatic carbocycles. The zero-order valence-electron chi connectivity index (χ0n) is 25.0. The third-order valence-electron chi connectivity index (χ3n) is 6.91. The van der Waals surface area contributed by atoms with Gasteiger partial charge in [-0.05, 0) is 18.6 Å². The van der Waals surface area contributed by atoms with Crippen molar-refractivity contribution in [2.24, 2.45) is 0 Å². The number of amides is 10. The van der Waals surface area contributed by atoms with E-state index in [0.29, 0.717) is 36.8 Å². The first-order valence-corrected chi connectivity index (χ1v) is 13.4. The second kappa shape index (κ2) is 15.2. The smallest absolute Gasteiger partial charge is 0.261 e. The van der Waals surface area contributed by atoms with Crippen LogP contribution in [0.4, 0.5) is 0 Å². The lowest BCUT2D eigenvalue weighted by Crippen LogP contribution is -2.45. The first kappa shape index (κ1) is 34.9.